The molecule has 1 aliphatic rings. The summed E-state index contributed by atoms with van der Waals surface area (Å²) in [6, 6.07) is 4.78. The molecule has 0 saturated heterocycles. The number of nitrogens with one attached hydrogen (secondary N) is 1. The Morgan fingerprint density at radius 1 is 1.26 bits per heavy atom. The van der Waals surface area contributed by atoms with Crippen LogP contribution in [0.1, 0.15) is 38.2 Å². The molecule has 108 valence electrons. The molecule has 0 radical (unpaired) electrons. The molecule has 1 aromatic heterocycles. The molecule has 0 atom stereocenters. The monoisotopic (exact) mass is 266 g/mol. The highest BCUT2D eigenvalue weighted by molar-refractivity contribution is 5.06. The lowest BCUT2D eigenvalue weighted by molar-refractivity contribution is 0.0836. The van der Waals surface area contributed by atoms with Gasteiger partial charge in [0.05, 0.1) is 13.2 Å². The van der Waals surface area contributed by atoms with E-state index >= 15 is 0 Å². The lowest BCUT2D eigenvalue weighted by atomic mass is 10.4. The fourth-order valence-electron chi connectivity index (χ4n) is 2.03. The third-order valence-corrected chi connectivity index (χ3v) is 3.55. The van der Waals surface area contributed by atoms with Crippen LogP contribution in [-0.4, -0.2) is 37.2 Å². The van der Waals surface area contributed by atoms with Gasteiger partial charge in [-0.05, 0) is 38.1 Å². The number of furan rings is 1. The summed E-state index contributed by atoms with van der Waals surface area (Å²) in [6.07, 6.45) is 2.62. The van der Waals surface area contributed by atoms with Crippen LogP contribution in [-0.2, 0) is 17.9 Å². The Balaban J connectivity index is 1.59. The van der Waals surface area contributed by atoms with Gasteiger partial charge in [-0.3, -0.25) is 0 Å². The van der Waals surface area contributed by atoms with E-state index in [1.807, 2.05) is 12.1 Å². The third kappa shape index (κ3) is 5.35. The van der Waals surface area contributed by atoms with Gasteiger partial charge in [-0.15, -0.1) is 0 Å². The largest absolute Gasteiger partial charge is 0.462 e. The molecule has 0 amide bonds. The minimum absolute atomic E-state index is 0.574. The molecular formula is C15H26N2O2. The molecule has 1 saturated carbocycles. The maximum absolute atomic E-state index is 5.72. The lowest BCUT2D eigenvalue weighted by Crippen LogP contribution is -2.26. The standard InChI is InChI=1S/C15H26N2O2/c1-3-17(4-2)9-10-18-12-15-8-7-14(19-15)11-16-13-5-6-13/h7-8,13,16H,3-6,9-12H2,1-2H3. The molecule has 1 aromatic rings. The van der Waals surface area contributed by atoms with Gasteiger partial charge in [0.1, 0.15) is 18.1 Å². The van der Waals surface area contributed by atoms with E-state index in [-0.39, 0.29) is 0 Å². The first-order valence-electron chi connectivity index (χ1n) is 7.43. The van der Waals surface area contributed by atoms with Gasteiger partial charge in [0.25, 0.3) is 0 Å². The molecule has 0 aromatic carbocycles. The first-order valence-corrected chi connectivity index (χ1v) is 7.43. The Kier molecular flexibility index (Phi) is 5.89. The van der Waals surface area contributed by atoms with Crippen LogP contribution in [0, 0.1) is 0 Å². The molecule has 1 aliphatic carbocycles. The van der Waals surface area contributed by atoms with E-state index in [1.54, 1.807) is 0 Å². The molecule has 1 heterocycles. The van der Waals surface area contributed by atoms with Crippen LogP contribution >= 0.6 is 0 Å². The molecule has 0 aliphatic heterocycles. The molecule has 0 unspecified atom stereocenters. The summed E-state index contributed by atoms with van der Waals surface area (Å²) < 4.78 is 11.4. The second-order valence-electron chi connectivity index (χ2n) is 5.10. The summed E-state index contributed by atoms with van der Waals surface area (Å²) in [4.78, 5) is 2.35. The van der Waals surface area contributed by atoms with Gasteiger partial charge >= 0.3 is 0 Å². The van der Waals surface area contributed by atoms with Crippen molar-refractivity contribution in [3.8, 4) is 0 Å². The first-order chi connectivity index (χ1) is 9.31. The fraction of sp³-hybridized carbons (Fsp3) is 0.733. The van der Waals surface area contributed by atoms with Gasteiger partial charge in [0, 0.05) is 12.6 Å². The van der Waals surface area contributed by atoms with Gasteiger partial charge < -0.3 is 19.4 Å². The maximum atomic E-state index is 5.72. The van der Waals surface area contributed by atoms with E-state index in [9.17, 15) is 0 Å². The molecular weight excluding hydrogens is 240 g/mol. The summed E-state index contributed by atoms with van der Waals surface area (Å²) in [5, 5.41) is 3.44. The Bertz CT molecular complexity index is 357. The third-order valence-electron chi connectivity index (χ3n) is 3.55. The lowest BCUT2D eigenvalue weighted by Gasteiger charge is -2.17. The van der Waals surface area contributed by atoms with Crippen molar-refractivity contribution < 1.29 is 9.15 Å². The van der Waals surface area contributed by atoms with E-state index in [1.165, 1.54) is 12.8 Å². The van der Waals surface area contributed by atoms with E-state index < -0.39 is 0 Å². The van der Waals surface area contributed by atoms with Gasteiger partial charge in [0.15, 0.2) is 0 Å². The minimum Gasteiger partial charge on any atom is -0.462 e. The van der Waals surface area contributed by atoms with Crippen molar-refractivity contribution in [3.05, 3.63) is 23.7 Å². The van der Waals surface area contributed by atoms with Gasteiger partial charge in [0.2, 0.25) is 0 Å². The molecule has 19 heavy (non-hydrogen) atoms. The zero-order valence-corrected chi connectivity index (χ0v) is 12.2. The summed E-state index contributed by atoms with van der Waals surface area (Å²) >= 11 is 0. The second kappa shape index (κ2) is 7.68. The van der Waals surface area contributed by atoms with Crippen LogP contribution in [0.5, 0.6) is 0 Å². The highest BCUT2D eigenvalue weighted by Gasteiger charge is 2.20. The van der Waals surface area contributed by atoms with E-state index in [4.69, 9.17) is 9.15 Å². The van der Waals surface area contributed by atoms with E-state index in [0.29, 0.717) is 6.61 Å². The number of rotatable bonds is 10. The second-order valence-corrected chi connectivity index (χ2v) is 5.10. The van der Waals surface area contributed by atoms with E-state index in [2.05, 4.69) is 24.1 Å². The molecule has 1 fully saturated rings. The zero-order chi connectivity index (χ0) is 13.5. The number of nitrogens with zero attached hydrogens (tertiary/aromatic N) is 1. The Morgan fingerprint density at radius 2 is 2.00 bits per heavy atom. The number of hydrogen-bond acceptors (Lipinski definition) is 4. The molecule has 4 heteroatoms. The predicted molar refractivity (Wildman–Crippen MR) is 76.0 cm³/mol. The van der Waals surface area contributed by atoms with Crippen LogP contribution in [0.15, 0.2) is 16.5 Å². The Morgan fingerprint density at radius 3 is 2.68 bits per heavy atom. The molecule has 0 bridgehead atoms. The van der Waals surface area contributed by atoms with Crippen LogP contribution in [0.2, 0.25) is 0 Å². The van der Waals surface area contributed by atoms with Crippen LogP contribution in [0.4, 0.5) is 0 Å². The van der Waals surface area contributed by atoms with Crippen LogP contribution < -0.4 is 5.32 Å². The van der Waals surface area contributed by atoms with Crippen molar-refractivity contribution in [2.75, 3.05) is 26.2 Å². The Labute approximate surface area is 116 Å². The minimum atomic E-state index is 0.574. The normalized spacial score (nSPS) is 15.3. The average molecular weight is 266 g/mol. The van der Waals surface area contributed by atoms with Crippen molar-refractivity contribution >= 4 is 0 Å². The molecule has 4 nitrogen and oxygen atoms in total. The summed E-state index contributed by atoms with van der Waals surface area (Å²) in [6.45, 7) is 9.68. The first kappa shape index (κ1) is 14.6. The SMILES string of the molecule is CCN(CC)CCOCc1ccc(CNC2CC2)o1. The highest BCUT2D eigenvalue weighted by Crippen LogP contribution is 2.19. The topological polar surface area (TPSA) is 37.6 Å². The van der Waals surface area contributed by atoms with E-state index in [0.717, 1.165) is 50.3 Å². The summed E-state index contributed by atoms with van der Waals surface area (Å²) in [7, 11) is 0. The van der Waals surface area contributed by atoms with Crippen molar-refractivity contribution in [1.29, 1.82) is 0 Å². The summed E-state index contributed by atoms with van der Waals surface area (Å²) in [5.41, 5.74) is 0. The fourth-order valence-corrected chi connectivity index (χ4v) is 2.03. The van der Waals surface area contributed by atoms with Crippen molar-refractivity contribution in [2.45, 2.75) is 45.9 Å². The maximum Gasteiger partial charge on any atom is 0.129 e. The molecule has 2 rings (SSSR count). The highest BCUT2D eigenvalue weighted by atomic mass is 16.5. The van der Waals surface area contributed by atoms with Gasteiger partial charge in [-0.2, -0.15) is 0 Å². The number of ether oxygens (including phenoxy) is 1. The number of hydrogen-bond donors (Lipinski definition) is 1. The Hall–Kier alpha value is -0.840. The van der Waals surface area contributed by atoms with Crippen LogP contribution in [0.25, 0.3) is 0 Å². The van der Waals surface area contributed by atoms with Gasteiger partial charge in [-0.25, -0.2) is 0 Å². The average Bonchev–Trinajstić information content (AvgIpc) is 3.16. The quantitative estimate of drug-likeness (QED) is 0.660. The molecule has 0 spiro atoms. The van der Waals surface area contributed by atoms with Crippen molar-refractivity contribution in [3.63, 3.8) is 0 Å². The smallest absolute Gasteiger partial charge is 0.129 e. The van der Waals surface area contributed by atoms with Gasteiger partial charge in [-0.1, -0.05) is 13.8 Å². The zero-order valence-electron chi connectivity index (χ0n) is 12.2. The predicted octanol–water partition coefficient (Wildman–Crippen LogP) is 2.39. The number of likely N-dealkylation sites (N-methyl/N-ethyl adjacent to an activating group) is 1. The van der Waals surface area contributed by atoms with Crippen LogP contribution in [0.3, 0.4) is 0 Å². The van der Waals surface area contributed by atoms with Crippen molar-refractivity contribution in [1.82, 2.24) is 10.2 Å². The summed E-state index contributed by atoms with van der Waals surface area (Å²) in [5.74, 6) is 1.93. The molecule has 1 N–H and O–H groups in total. The van der Waals surface area contributed by atoms with Crippen molar-refractivity contribution in [2.24, 2.45) is 0 Å².